The summed E-state index contributed by atoms with van der Waals surface area (Å²) in [6, 6.07) is 0. The van der Waals surface area contributed by atoms with Crippen molar-refractivity contribution in [2.75, 3.05) is 0 Å². The van der Waals surface area contributed by atoms with Gasteiger partial charge in [-0.2, -0.15) is 0 Å². The van der Waals surface area contributed by atoms with E-state index in [0.717, 1.165) is 22.3 Å². The summed E-state index contributed by atoms with van der Waals surface area (Å²) in [6.07, 6.45) is 9.02. The average molecular weight is 198 g/mol. The van der Waals surface area contributed by atoms with E-state index >= 15 is 0 Å². The molecule has 0 unspecified atom stereocenters. The zero-order valence-electron chi connectivity index (χ0n) is 9.42. The lowest BCUT2D eigenvalue weighted by molar-refractivity contribution is 1.43. The molecule has 0 N–H and O–H groups in total. The van der Waals surface area contributed by atoms with Crippen LogP contribution in [0.1, 0.15) is 6.92 Å². The second-order valence-electron chi connectivity index (χ2n) is 3.08. The fourth-order valence-corrected chi connectivity index (χ4v) is 1.02. The predicted molar refractivity (Wildman–Crippen MR) is 70.7 cm³/mol. The Kier molecular flexibility index (Phi) is 5.81. The lowest BCUT2D eigenvalue weighted by Gasteiger charge is -2.04. The van der Waals surface area contributed by atoms with Gasteiger partial charge in [-0.3, -0.25) is 0 Å². The lowest BCUT2D eigenvalue weighted by Crippen LogP contribution is -1.84. The Hall–Kier alpha value is -1.82. The third-order valence-electron chi connectivity index (χ3n) is 2.13. The van der Waals surface area contributed by atoms with Crippen LogP contribution in [0.2, 0.25) is 0 Å². The van der Waals surface area contributed by atoms with Gasteiger partial charge in [-0.05, 0) is 35.3 Å². The number of allylic oxidation sites excluding steroid dienone is 9. The fraction of sp³-hybridized carbons (Fsp3) is 0.0667. The van der Waals surface area contributed by atoms with Crippen LogP contribution >= 0.6 is 0 Å². The molecule has 0 heteroatoms. The van der Waals surface area contributed by atoms with Crippen LogP contribution in [0.25, 0.3) is 0 Å². The zero-order valence-corrected chi connectivity index (χ0v) is 9.42. The maximum absolute atomic E-state index is 3.88. The van der Waals surface area contributed by atoms with Gasteiger partial charge in [0.1, 0.15) is 0 Å². The van der Waals surface area contributed by atoms with Gasteiger partial charge in [-0.1, -0.05) is 57.2 Å². The Morgan fingerprint density at radius 2 is 1.47 bits per heavy atom. The molecule has 0 fully saturated rings. The molecule has 0 heterocycles. The Bertz CT molecular complexity index is 359. The van der Waals surface area contributed by atoms with Crippen LogP contribution in [0.15, 0.2) is 85.6 Å². The number of hydrogen-bond acceptors (Lipinski definition) is 0. The monoisotopic (exact) mass is 198 g/mol. The summed E-state index contributed by atoms with van der Waals surface area (Å²) in [5.41, 5.74) is 3.88. The smallest absolute Gasteiger partial charge is 0.0190 e. The SMILES string of the molecule is C=CC(=C)/C(C=C)=C\C(C=C)=C(\C)C=C. The van der Waals surface area contributed by atoms with Crippen LogP contribution in [-0.2, 0) is 0 Å². The molecule has 0 amide bonds. The van der Waals surface area contributed by atoms with Crippen LogP contribution in [0, 0.1) is 0 Å². The molecular weight excluding hydrogens is 180 g/mol. The van der Waals surface area contributed by atoms with Crippen molar-refractivity contribution in [1.29, 1.82) is 0 Å². The molecule has 0 aromatic rings. The van der Waals surface area contributed by atoms with Gasteiger partial charge in [-0.25, -0.2) is 0 Å². The van der Waals surface area contributed by atoms with Gasteiger partial charge < -0.3 is 0 Å². The molecule has 0 nitrogen and oxygen atoms in total. The highest BCUT2D eigenvalue weighted by Crippen LogP contribution is 2.16. The van der Waals surface area contributed by atoms with Gasteiger partial charge in [0.2, 0.25) is 0 Å². The molecule has 15 heavy (non-hydrogen) atoms. The first kappa shape index (κ1) is 13.2. The molecule has 0 atom stereocenters. The second-order valence-corrected chi connectivity index (χ2v) is 3.08. The van der Waals surface area contributed by atoms with E-state index in [1.807, 2.05) is 13.0 Å². The van der Waals surface area contributed by atoms with E-state index in [-0.39, 0.29) is 0 Å². The first-order chi connectivity index (χ1) is 7.10. The molecule has 0 rings (SSSR count). The van der Waals surface area contributed by atoms with E-state index in [9.17, 15) is 0 Å². The highest BCUT2D eigenvalue weighted by molar-refractivity contribution is 5.51. The molecule has 0 spiro atoms. The van der Waals surface area contributed by atoms with Crippen molar-refractivity contribution in [3.05, 3.63) is 85.6 Å². The van der Waals surface area contributed by atoms with Gasteiger partial charge >= 0.3 is 0 Å². The summed E-state index contributed by atoms with van der Waals surface area (Å²) >= 11 is 0. The largest absolute Gasteiger partial charge is 0.0988 e. The molecule has 0 aliphatic rings. The van der Waals surface area contributed by atoms with E-state index in [1.54, 1.807) is 24.3 Å². The second kappa shape index (κ2) is 6.61. The maximum atomic E-state index is 3.88. The van der Waals surface area contributed by atoms with Crippen molar-refractivity contribution >= 4 is 0 Å². The quantitative estimate of drug-likeness (QED) is 0.550. The third kappa shape index (κ3) is 3.82. The van der Waals surface area contributed by atoms with E-state index in [1.165, 1.54) is 0 Å². The normalized spacial score (nSPS) is 12.5. The van der Waals surface area contributed by atoms with Crippen molar-refractivity contribution in [2.24, 2.45) is 0 Å². The summed E-state index contributed by atoms with van der Waals surface area (Å²) in [5.74, 6) is 0. The molecular formula is C15H18. The predicted octanol–water partition coefficient (Wildman–Crippen LogP) is 4.53. The van der Waals surface area contributed by atoms with Gasteiger partial charge in [0.15, 0.2) is 0 Å². The summed E-state index contributed by atoms with van der Waals surface area (Å²) in [6.45, 7) is 20.8. The van der Waals surface area contributed by atoms with Crippen LogP contribution in [-0.4, -0.2) is 0 Å². The summed E-state index contributed by atoms with van der Waals surface area (Å²) in [7, 11) is 0. The molecule has 0 aromatic carbocycles. The summed E-state index contributed by atoms with van der Waals surface area (Å²) in [4.78, 5) is 0. The molecule has 0 aromatic heterocycles. The van der Waals surface area contributed by atoms with Crippen molar-refractivity contribution < 1.29 is 0 Å². The fourth-order valence-electron chi connectivity index (χ4n) is 1.02. The van der Waals surface area contributed by atoms with Gasteiger partial charge in [0, 0.05) is 0 Å². The minimum absolute atomic E-state index is 0.848. The molecule has 0 radical (unpaired) electrons. The molecule has 78 valence electrons. The van der Waals surface area contributed by atoms with Gasteiger partial charge in [0.25, 0.3) is 0 Å². The standard InChI is InChI=1S/C15H18/c1-7-12(5)14(9-3)11-15(10-4)13(6)8-2/h7-11H,1-5H2,6H3/b14-11-,15-13-. The highest BCUT2D eigenvalue weighted by atomic mass is 14.0. The number of hydrogen-bond donors (Lipinski definition) is 0. The average Bonchev–Trinajstić information content (AvgIpc) is 2.28. The van der Waals surface area contributed by atoms with E-state index in [0.29, 0.717) is 0 Å². The topological polar surface area (TPSA) is 0 Å². The van der Waals surface area contributed by atoms with Crippen LogP contribution in [0.4, 0.5) is 0 Å². The Balaban J connectivity index is 5.39. The number of rotatable bonds is 6. The van der Waals surface area contributed by atoms with E-state index in [2.05, 4.69) is 32.9 Å². The zero-order chi connectivity index (χ0) is 11.8. The van der Waals surface area contributed by atoms with Gasteiger partial charge in [0.05, 0.1) is 0 Å². The molecule has 0 aliphatic carbocycles. The first-order valence-electron chi connectivity index (χ1n) is 4.72. The van der Waals surface area contributed by atoms with Crippen LogP contribution < -0.4 is 0 Å². The van der Waals surface area contributed by atoms with Crippen molar-refractivity contribution in [3.63, 3.8) is 0 Å². The Morgan fingerprint density at radius 3 is 1.80 bits per heavy atom. The van der Waals surface area contributed by atoms with E-state index in [4.69, 9.17) is 0 Å². The van der Waals surface area contributed by atoms with Crippen LogP contribution in [0.5, 0.6) is 0 Å². The molecule has 0 aliphatic heterocycles. The van der Waals surface area contributed by atoms with E-state index < -0.39 is 0 Å². The van der Waals surface area contributed by atoms with Crippen molar-refractivity contribution in [1.82, 2.24) is 0 Å². The minimum Gasteiger partial charge on any atom is -0.0988 e. The lowest BCUT2D eigenvalue weighted by atomic mass is 10.0. The van der Waals surface area contributed by atoms with Gasteiger partial charge in [-0.15, -0.1) is 0 Å². The molecule has 0 saturated carbocycles. The molecule has 0 saturated heterocycles. The first-order valence-corrected chi connectivity index (χ1v) is 4.72. The third-order valence-corrected chi connectivity index (χ3v) is 2.13. The Labute approximate surface area is 93.0 Å². The van der Waals surface area contributed by atoms with Crippen molar-refractivity contribution in [3.8, 4) is 0 Å². The maximum Gasteiger partial charge on any atom is -0.0190 e. The molecule has 0 bridgehead atoms. The summed E-state index contributed by atoms with van der Waals surface area (Å²) < 4.78 is 0. The summed E-state index contributed by atoms with van der Waals surface area (Å²) in [5, 5.41) is 0. The minimum atomic E-state index is 0.848. The van der Waals surface area contributed by atoms with Crippen molar-refractivity contribution in [2.45, 2.75) is 6.92 Å². The van der Waals surface area contributed by atoms with Crippen LogP contribution in [0.3, 0.4) is 0 Å². The Morgan fingerprint density at radius 1 is 0.867 bits per heavy atom. The highest BCUT2D eigenvalue weighted by Gasteiger charge is 1.97.